The van der Waals surface area contributed by atoms with Gasteiger partial charge in [-0.25, -0.2) is 4.79 Å². The molecule has 0 unspecified atom stereocenters. The van der Waals surface area contributed by atoms with Gasteiger partial charge < -0.3 is 10.4 Å². The summed E-state index contributed by atoms with van der Waals surface area (Å²) in [6.45, 7) is 5.67. The first kappa shape index (κ1) is 14.6. The SMILES string of the molecule is Cc1ccc(C(=O)O)c(SCC(=O)NC(C)C)c1. The number of hydrogen-bond acceptors (Lipinski definition) is 3. The van der Waals surface area contributed by atoms with E-state index in [1.165, 1.54) is 11.8 Å². The second-order valence-corrected chi connectivity index (χ2v) is 5.33. The molecule has 0 fully saturated rings. The molecule has 4 nitrogen and oxygen atoms in total. The van der Waals surface area contributed by atoms with Crippen molar-refractivity contribution in [2.45, 2.75) is 31.7 Å². The van der Waals surface area contributed by atoms with E-state index < -0.39 is 5.97 Å². The van der Waals surface area contributed by atoms with Gasteiger partial charge in [0, 0.05) is 10.9 Å². The maximum absolute atomic E-state index is 11.5. The van der Waals surface area contributed by atoms with Crippen LogP contribution in [0.2, 0.25) is 0 Å². The first-order chi connectivity index (χ1) is 8.40. The molecule has 2 N–H and O–H groups in total. The van der Waals surface area contributed by atoms with Crippen LogP contribution in [0.15, 0.2) is 23.1 Å². The van der Waals surface area contributed by atoms with Crippen molar-refractivity contribution in [2.75, 3.05) is 5.75 Å². The lowest BCUT2D eigenvalue weighted by Gasteiger charge is -2.09. The molecule has 0 atom stereocenters. The van der Waals surface area contributed by atoms with Crippen LogP contribution in [0.3, 0.4) is 0 Å². The molecule has 0 spiro atoms. The molecular formula is C13H17NO3S. The second-order valence-electron chi connectivity index (χ2n) is 4.32. The molecule has 98 valence electrons. The van der Waals surface area contributed by atoms with Crippen LogP contribution in [0, 0.1) is 6.92 Å². The summed E-state index contributed by atoms with van der Waals surface area (Å²) in [6.07, 6.45) is 0. The molecule has 0 bridgehead atoms. The van der Waals surface area contributed by atoms with Gasteiger partial charge in [-0.15, -0.1) is 11.8 Å². The van der Waals surface area contributed by atoms with Crippen molar-refractivity contribution in [1.82, 2.24) is 5.32 Å². The molecular weight excluding hydrogens is 250 g/mol. The van der Waals surface area contributed by atoms with Gasteiger partial charge in [0.1, 0.15) is 0 Å². The minimum absolute atomic E-state index is 0.0900. The summed E-state index contributed by atoms with van der Waals surface area (Å²) in [5, 5.41) is 11.8. The molecule has 0 saturated carbocycles. The van der Waals surface area contributed by atoms with E-state index in [9.17, 15) is 9.59 Å². The lowest BCUT2D eigenvalue weighted by Crippen LogP contribution is -2.31. The monoisotopic (exact) mass is 267 g/mol. The van der Waals surface area contributed by atoms with Crippen LogP contribution in [0.25, 0.3) is 0 Å². The smallest absolute Gasteiger partial charge is 0.336 e. The molecule has 0 aliphatic heterocycles. The summed E-state index contributed by atoms with van der Waals surface area (Å²) >= 11 is 1.25. The predicted octanol–water partition coefficient (Wildman–Crippen LogP) is 2.31. The Hall–Kier alpha value is -1.49. The Kier molecular flexibility index (Phi) is 5.22. The van der Waals surface area contributed by atoms with Crippen molar-refractivity contribution in [3.8, 4) is 0 Å². The van der Waals surface area contributed by atoms with Gasteiger partial charge in [0.2, 0.25) is 5.91 Å². The van der Waals surface area contributed by atoms with Crippen molar-refractivity contribution in [3.05, 3.63) is 29.3 Å². The van der Waals surface area contributed by atoms with E-state index in [0.29, 0.717) is 4.90 Å². The molecule has 18 heavy (non-hydrogen) atoms. The van der Waals surface area contributed by atoms with Gasteiger partial charge >= 0.3 is 5.97 Å². The van der Waals surface area contributed by atoms with E-state index in [4.69, 9.17) is 5.11 Å². The molecule has 1 aromatic rings. The average Bonchev–Trinajstić information content (AvgIpc) is 2.25. The zero-order valence-corrected chi connectivity index (χ0v) is 11.5. The van der Waals surface area contributed by atoms with Crippen LogP contribution in [0.1, 0.15) is 29.8 Å². The fraction of sp³-hybridized carbons (Fsp3) is 0.385. The number of nitrogens with one attached hydrogen (secondary N) is 1. The highest BCUT2D eigenvalue weighted by Crippen LogP contribution is 2.24. The largest absolute Gasteiger partial charge is 0.478 e. The third-order valence-corrected chi connectivity index (χ3v) is 3.23. The third kappa shape index (κ3) is 4.41. The molecule has 0 aliphatic rings. The van der Waals surface area contributed by atoms with Crippen molar-refractivity contribution in [2.24, 2.45) is 0 Å². The summed E-state index contributed by atoms with van der Waals surface area (Å²) < 4.78 is 0. The topological polar surface area (TPSA) is 66.4 Å². The Morgan fingerprint density at radius 1 is 1.39 bits per heavy atom. The van der Waals surface area contributed by atoms with E-state index >= 15 is 0 Å². The van der Waals surface area contributed by atoms with Gasteiger partial charge in [0.25, 0.3) is 0 Å². The molecule has 1 amide bonds. The van der Waals surface area contributed by atoms with Crippen LogP contribution in [-0.4, -0.2) is 28.8 Å². The molecule has 1 aromatic carbocycles. The fourth-order valence-corrected chi connectivity index (χ4v) is 2.38. The number of aromatic carboxylic acids is 1. The first-order valence-electron chi connectivity index (χ1n) is 5.66. The van der Waals surface area contributed by atoms with Crippen LogP contribution in [-0.2, 0) is 4.79 Å². The second kappa shape index (κ2) is 6.44. The van der Waals surface area contributed by atoms with Gasteiger partial charge in [-0.05, 0) is 38.5 Å². The van der Waals surface area contributed by atoms with Crippen LogP contribution in [0.5, 0.6) is 0 Å². The number of carbonyl (C=O) groups excluding carboxylic acids is 1. The van der Waals surface area contributed by atoms with Crippen LogP contribution >= 0.6 is 11.8 Å². The van der Waals surface area contributed by atoms with E-state index in [2.05, 4.69) is 5.32 Å². The highest BCUT2D eigenvalue weighted by Gasteiger charge is 2.12. The minimum Gasteiger partial charge on any atom is -0.478 e. The zero-order valence-electron chi connectivity index (χ0n) is 10.7. The summed E-state index contributed by atoms with van der Waals surface area (Å²) in [7, 11) is 0. The van der Waals surface area contributed by atoms with Crippen molar-refractivity contribution < 1.29 is 14.7 Å². The number of thioether (sulfide) groups is 1. The van der Waals surface area contributed by atoms with E-state index in [1.807, 2.05) is 20.8 Å². The number of rotatable bonds is 5. The highest BCUT2D eigenvalue weighted by molar-refractivity contribution is 8.00. The summed E-state index contributed by atoms with van der Waals surface area (Å²) in [6, 6.07) is 5.20. The molecule has 0 saturated heterocycles. The van der Waals surface area contributed by atoms with Gasteiger partial charge in [0.15, 0.2) is 0 Å². The number of carbonyl (C=O) groups is 2. The van der Waals surface area contributed by atoms with Gasteiger partial charge in [0.05, 0.1) is 11.3 Å². The maximum Gasteiger partial charge on any atom is 0.336 e. The first-order valence-corrected chi connectivity index (χ1v) is 6.65. The Morgan fingerprint density at radius 2 is 2.06 bits per heavy atom. The standard InChI is InChI=1S/C13H17NO3S/c1-8(2)14-12(15)7-18-11-6-9(3)4-5-10(11)13(16)17/h4-6,8H,7H2,1-3H3,(H,14,15)(H,16,17). The van der Waals surface area contributed by atoms with Crippen LogP contribution in [0.4, 0.5) is 0 Å². The minimum atomic E-state index is -0.971. The van der Waals surface area contributed by atoms with E-state index in [0.717, 1.165) is 5.56 Å². The van der Waals surface area contributed by atoms with Gasteiger partial charge in [-0.3, -0.25) is 4.79 Å². The number of carboxylic acids is 1. The molecule has 0 radical (unpaired) electrons. The number of hydrogen-bond donors (Lipinski definition) is 2. The number of benzene rings is 1. The molecule has 0 heterocycles. The molecule has 0 aromatic heterocycles. The molecule has 5 heteroatoms. The normalized spacial score (nSPS) is 10.4. The Morgan fingerprint density at radius 3 is 2.61 bits per heavy atom. The summed E-state index contributed by atoms with van der Waals surface area (Å²) in [5.74, 6) is -0.836. The van der Waals surface area contributed by atoms with Crippen LogP contribution < -0.4 is 5.32 Å². The molecule has 1 rings (SSSR count). The number of amides is 1. The number of carboxylic acid groups (broad SMARTS) is 1. The number of aryl methyl sites for hydroxylation is 1. The van der Waals surface area contributed by atoms with Crippen molar-refractivity contribution in [3.63, 3.8) is 0 Å². The Bertz CT molecular complexity index is 458. The Balaban J connectivity index is 2.74. The average molecular weight is 267 g/mol. The van der Waals surface area contributed by atoms with Gasteiger partial charge in [-0.2, -0.15) is 0 Å². The fourth-order valence-electron chi connectivity index (χ4n) is 1.43. The summed E-state index contributed by atoms with van der Waals surface area (Å²) in [5.41, 5.74) is 1.22. The maximum atomic E-state index is 11.5. The molecule has 0 aliphatic carbocycles. The quantitative estimate of drug-likeness (QED) is 0.803. The lowest BCUT2D eigenvalue weighted by atomic mass is 10.1. The summed E-state index contributed by atoms with van der Waals surface area (Å²) in [4.78, 5) is 23.2. The predicted molar refractivity (Wildman–Crippen MR) is 72.1 cm³/mol. The zero-order chi connectivity index (χ0) is 13.7. The highest BCUT2D eigenvalue weighted by atomic mass is 32.2. The van der Waals surface area contributed by atoms with Gasteiger partial charge in [-0.1, -0.05) is 6.07 Å². The third-order valence-electron chi connectivity index (χ3n) is 2.18. The van der Waals surface area contributed by atoms with Crippen molar-refractivity contribution in [1.29, 1.82) is 0 Å². The van der Waals surface area contributed by atoms with E-state index in [1.54, 1.807) is 18.2 Å². The Labute approximate surface area is 111 Å². The lowest BCUT2D eigenvalue weighted by molar-refractivity contribution is -0.119. The van der Waals surface area contributed by atoms with E-state index in [-0.39, 0.29) is 23.3 Å². The van der Waals surface area contributed by atoms with Crippen molar-refractivity contribution >= 4 is 23.6 Å².